The Morgan fingerprint density at radius 1 is 0.977 bits per heavy atom. The zero-order valence-electron chi connectivity index (χ0n) is 26.9. The van der Waals surface area contributed by atoms with Crippen molar-refractivity contribution in [1.82, 2.24) is 0 Å². The van der Waals surface area contributed by atoms with Crippen LogP contribution in [0.5, 0.6) is 0 Å². The molecule has 2 nitrogen and oxygen atoms in total. The number of rotatable bonds is 12. The SMILES string of the molecule is CCCCNc1ccc(Br)cc1C(C)(C)C/C=C/C1=C(Cl)C(=C/C=C2/N(CCCC)c3ccc(Br)cc3C2(C)C)/CCC1. The second-order valence-corrected chi connectivity index (χ2v) is 15.4. The Bertz CT molecular complexity index is 1410. The van der Waals surface area contributed by atoms with Gasteiger partial charge in [0.05, 0.1) is 0 Å². The maximum Gasteiger partial charge on any atom is 0.0469 e. The first-order valence-electron chi connectivity index (χ1n) is 16.1. The average molecular weight is 729 g/mol. The fraction of sp³-hybridized carbons (Fsp3) is 0.474. The molecule has 0 atom stereocenters. The van der Waals surface area contributed by atoms with E-state index in [1.165, 1.54) is 65.0 Å². The molecule has 0 spiro atoms. The lowest BCUT2D eigenvalue weighted by Gasteiger charge is -2.28. The zero-order valence-corrected chi connectivity index (χ0v) is 30.9. The summed E-state index contributed by atoms with van der Waals surface area (Å²) >= 11 is 14.5. The third-order valence-corrected chi connectivity index (χ3v) is 10.5. The zero-order chi connectivity index (χ0) is 31.2. The summed E-state index contributed by atoms with van der Waals surface area (Å²) in [6.45, 7) is 15.9. The number of allylic oxidation sites excluding steroid dienone is 8. The minimum atomic E-state index is -0.0697. The van der Waals surface area contributed by atoms with Gasteiger partial charge in [-0.3, -0.25) is 0 Å². The number of hydrogen-bond acceptors (Lipinski definition) is 2. The normalized spacial score (nSPS) is 18.8. The number of benzene rings is 2. The topological polar surface area (TPSA) is 15.3 Å². The fourth-order valence-electron chi connectivity index (χ4n) is 6.33. The van der Waals surface area contributed by atoms with Crippen LogP contribution in [0.25, 0.3) is 0 Å². The van der Waals surface area contributed by atoms with Crippen LogP contribution in [-0.4, -0.2) is 13.1 Å². The molecule has 0 aromatic heterocycles. The molecule has 0 saturated carbocycles. The van der Waals surface area contributed by atoms with Gasteiger partial charge in [0.2, 0.25) is 0 Å². The van der Waals surface area contributed by atoms with Crippen LogP contribution in [0.4, 0.5) is 11.4 Å². The molecule has 2 aromatic carbocycles. The van der Waals surface area contributed by atoms with E-state index >= 15 is 0 Å². The van der Waals surface area contributed by atoms with Crippen molar-refractivity contribution >= 4 is 54.8 Å². The lowest BCUT2D eigenvalue weighted by Crippen LogP contribution is -2.27. The Labute approximate surface area is 283 Å². The predicted octanol–water partition coefficient (Wildman–Crippen LogP) is 12.7. The number of hydrogen-bond donors (Lipinski definition) is 1. The molecule has 1 aliphatic heterocycles. The number of unbranched alkanes of at least 4 members (excludes halogenated alkanes) is 2. The maximum absolute atomic E-state index is 7.11. The molecule has 2 aliphatic rings. The van der Waals surface area contributed by atoms with Crippen molar-refractivity contribution in [3.63, 3.8) is 0 Å². The molecule has 232 valence electrons. The van der Waals surface area contributed by atoms with Crippen molar-refractivity contribution in [2.24, 2.45) is 0 Å². The van der Waals surface area contributed by atoms with Crippen LogP contribution in [0, 0.1) is 0 Å². The second kappa shape index (κ2) is 15.0. The van der Waals surface area contributed by atoms with Crippen molar-refractivity contribution < 1.29 is 0 Å². The number of halogens is 3. The van der Waals surface area contributed by atoms with Gasteiger partial charge in [-0.2, -0.15) is 0 Å². The summed E-state index contributed by atoms with van der Waals surface area (Å²) in [5.74, 6) is 0. The molecule has 0 saturated heterocycles. The van der Waals surface area contributed by atoms with E-state index in [4.69, 9.17) is 11.6 Å². The first kappa shape index (κ1) is 34.1. The van der Waals surface area contributed by atoms with E-state index < -0.39 is 0 Å². The van der Waals surface area contributed by atoms with Crippen molar-refractivity contribution in [1.29, 1.82) is 0 Å². The van der Waals surface area contributed by atoms with Gasteiger partial charge >= 0.3 is 0 Å². The van der Waals surface area contributed by atoms with Crippen LogP contribution in [0.1, 0.15) is 104 Å². The molecule has 43 heavy (non-hydrogen) atoms. The van der Waals surface area contributed by atoms with Gasteiger partial charge in [0.15, 0.2) is 0 Å². The first-order valence-corrected chi connectivity index (χ1v) is 18.0. The van der Waals surface area contributed by atoms with E-state index in [-0.39, 0.29) is 10.8 Å². The third kappa shape index (κ3) is 8.10. The number of anilines is 2. The molecule has 0 fully saturated rings. The van der Waals surface area contributed by atoms with Gasteiger partial charge in [-0.05, 0) is 109 Å². The molecule has 1 aliphatic carbocycles. The van der Waals surface area contributed by atoms with Crippen molar-refractivity contribution in [3.05, 3.63) is 103 Å². The highest BCUT2D eigenvalue weighted by atomic mass is 79.9. The summed E-state index contributed by atoms with van der Waals surface area (Å²) in [5, 5.41) is 4.60. The molecule has 0 radical (unpaired) electrons. The van der Waals surface area contributed by atoms with Crippen LogP contribution in [0.2, 0.25) is 0 Å². The van der Waals surface area contributed by atoms with Crippen molar-refractivity contribution in [3.8, 4) is 0 Å². The standard InChI is InChI=1S/C38H49Br2ClN2/c1-7-9-23-42-33-19-17-29(39)25-31(33)37(3,4)22-12-15-27-13-11-14-28(36(27)41)16-21-35-38(5,6)32-26-30(40)18-20-34(32)43(35)24-10-8-2/h12,15-21,25-26,42H,7-11,13-14,22-24H2,1-6H3/b15-12+,28-16+,35-21+. The van der Waals surface area contributed by atoms with Crippen molar-refractivity contribution in [2.75, 3.05) is 23.3 Å². The van der Waals surface area contributed by atoms with Gasteiger partial charge in [-0.15, -0.1) is 0 Å². The van der Waals surface area contributed by atoms with Crippen LogP contribution in [0.15, 0.2) is 91.5 Å². The summed E-state index contributed by atoms with van der Waals surface area (Å²) < 4.78 is 2.26. The van der Waals surface area contributed by atoms with E-state index in [0.29, 0.717) is 0 Å². The van der Waals surface area contributed by atoms with Crippen molar-refractivity contribution in [2.45, 2.75) is 104 Å². The van der Waals surface area contributed by atoms with Gasteiger partial charge in [0.1, 0.15) is 0 Å². The second-order valence-electron chi connectivity index (χ2n) is 13.2. The summed E-state index contributed by atoms with van der Waals surface area (Å²) in [5.41, 5.74) is 9.07. The number of nitrogens with one attached hydrogen (secondary N) is 1. The Kier molecular flexibility index (Phi) is 11.9. The molecule has 0 bridgehead atoms. The Morgan fingerprint density at radius 2 is 1.70 bits per heavy atom. The van der Waals surface area contributed by atoms with Gasteiger partial charge in [-0.25, -0.2) is 0 Å². The van der Waals surface area contributed by atoms with Gasteiger partial charge in [-0.1, -0.05) is 116 Å². The van der Waals surface area contributed by atoms with Crippen LogP contribution >= 0.6 is 43.5 Å². The molecule has 0 unspecified atom stereocenters. The molecule has 1 N–H and O–H groups in total. The van der Waals surface area contributed by atoms with E-state index in [9.17, 15) is 0 Å². The molecular weight excluding hydrogens is 680 g/mol. The highest BCUT2D eigenvalue weighted by Gasteiger charge is 2.39. The van der Waals surface area contributed by atoms with E-state index in [1.807, 2.05) is 0 Å². The minimum Gasteiger partial charge on any atom is -0.385 e. The lowest BCUT2D eigenvalue weighted by molar-refractivity contribution is 0.534. The molecule has 5 heteroatoms. The Hall–Kier alpha value is -1.75. The summed E-state index contributed by atoms with van der Waals surface area (Å²) in [6, 6.07) is 13.3. The lowest BCUT2D eigenvalue weighted by atomic mass is 9.80. The molecule has 2 aromatic rings. The summed E-state index contributed by atoms with van der Waals surface area (Å²) in [4.78, 5) is 2.53. The van der Waals surface area contributed by atoms with E-state index in [0.717, 1.165) is 52.8 Å². The van der Waals surface area contributed by atoms with Gasteiger partial charge in [0.25, 0.3) is 0 Å². The van der Waals surface area contributed by atoms with E-state index in [2.05, 4.69) is 144 Å². The molecule has 4 rings (SSSR count). The highest BCUT2D eigenvalue weighted by molar-refractivity contribution is 9.10. The third-order valence-electron chi connectivity index (χ3n) is 8.99. The highest BCUT2D eigenvalue weighted by Crippen LogP contribution is 2.49. The van der Waals surface area contributed by atoms with E-state index in [1.54, 1.807) is 0 Å². The summed E-state index contributed by atoms with van der Waals surface area (Å²) in [6.07, 6.45) is 18.1. The van der Waals surface area contributed by atoms with Crippen LogP contribution in [0.3, 0.4) is 0 Å². The Morgan fingerprint density at radius 3 is 2.44 bits per heavy atom. The predicted molar refractivity (Wildman–Crippen MR) is 197 cm³/mol. The smallest absolute Gasteiger partial charge is 0.0469 e. The fourth-order valence-corrected chi connectivity index (χ4v) is 7.37. The number of nitrogens with zero attached hydrogens (tertiary/aromatic N) is 1. The molecule has 1 heterocycles. The minimum absolute atomic E-state index is 0.0143. The van der Waals surface area contributed by atoms with Crippen LogP contribution in [-0.2, 0) is 10.8 Å². The Balaban J connectivity index is 1.57. The molecular formula is C38H49Br2ClN2. The number of fused-ring (bicyclic) bond motifs is 1. The monoisotopic (exact) mass is 726 g/mol. The first-order chi connectivity index (χ1) is 20.5. The van der Waals surface area contributed by atoms with Crippen LogP contribution < -0.4 is 10.2 Å². The average Bonchev–Trinajstić information content (AvgIpc) is 3.17. The quantitative estimate of drug-likeness (QED) is 0.219. The maximum atomic E-state index is 7.11. The largest absolute Gasteiger partial charge is 0.385 e. The van der Waals surface area contributed by atoms with Gasteiger partial charge in [0, 0.05) is 49.6 Å². The summed E-state index contributed by atoms with van der Waals surface area (Å²) in [7, 11) is 0. The van der Waals surface area contributed by atoms with Gasteiger partial charge < -0.3 is 10.2 Å². The molecule has 0 amide bonds.